The molecule has 278 valence electrons. The Hall–Kier alpha value is -6.18. The van der Waals surface area contributed by atoms with Crippen LogP contribution in [-0.4, -0.2) is 0 Å². The molecule has 0 aliphatic heterocycles. The van der Waals surface area contributed by atoms with Crippen molar-refractivity contribution in [3.05, 3.63) is 229 Å². The monoisotopic (exact) mass is 727 g/mol. The first-order valence-electron chi connectivity index (χ1n) is 19.8. The van der Waals surface area contributed by atoms with Gasteiger partial charge in [0.05, 0.1) is 5.69 Å². The van der Waals surface area contributed by atoms with Crippen LogP contribution in [0.5, 0.6) is 0 Å². The van der Waals surface area contributed by atoms with Gasteiger partial charge in [0.1, 0.15) is 0 Å². The van der Waals surface area contributed by atoms with Gasteiger partial charge in [-0.2, -0.15) is 0 Å². The molecule has 0 saturated carbocycles. The Bertz CT molecular complexity index is 2290. The summed E-state index contributed by atoms with van der Waals surface area (Å²) in [5, 5.41) is 0. The Balaban J connectivity index is 1.13. The minimum atomic E-state index is 0.177. The average molecular weight is 728 g/mol. The van der Waals surface area contributed by atoms with Crippen LogP contribution in [0.2, 0.25) is 0 Å². The third-order valence-electron chi connectivity index (χ3n) is 10.9. The number of nitrogens with zero attached hydrogens (tertiary/aromatic N) is 1. The lowest BCUT2D eigenvalue weighted by molar-refractivity contribution is 0.944. The molecule has 7 aromatic carbocycles. The van der Waals surface area contributed by atoms with E-state index in [-0.39, 0.29) is 5.92 Å². The molecule has 1 unspecified atom stereocenters. The molecule has 0 bridgehead atoms. The van der Waals surface area contributed by atoms with E-state index < -0.39 is 0 Å². The highest BCUT2D eigenvalue weighted by Gasteiger charge is 2.21. The van der Waals surface area contributed by atoms with Gasteiger partial charge in [-0.3, -0.25) is 0 Å². The zero-order valence-corrected chi connectivity index (χ0v) is 34.2. The van der Waals surface area contributed by atoms with Gasteiger partial charge in [-0.05, 0) is 141 Å². The van der Waals surface area contributed by atoms with E-state index in [2.05, 4.69) is 230 Å². The van der Waals surface area contributed by atoms with Crippen LogP contribution in [0, 0.1) is 55.4 Å². The molecule has 0 heterocycles. The highest BCUT2D eigenvalue weighted by molar-refractivity contribution is 5.83. The van der Waals surface area contributed by atoms with E-state index in [1.807, 2.05) is 0 Å². The fraction of sp³-hybridized carbons (Fsp3) is 0.164. The van der Waals surface area contributed by atoms with Gasteiger partial charge in [-0.25, -0.2) is 0 Å². The molecule has 0 aliphatic carbocycles. The second-order valence-corrected chi connectivity index (χ2v) is 15.6. The van der Waals surface area contributed by atoms with Gasteiger partial charge in [0, 0.05) is 17.3 Å². The quantitative estimate of drug-likeness (QED) is 0.100. The molecule has 0 N–H and O–H groups in total. The first kappa shape index (κ1) is 38.1. The van der Waals surface area contributed by atoms with Crippen molar-refractivity contribution in [1.82, 2.24) is 0 Å². The predicted molar refractivity (Wildman–Crippen MR) is 244 cm³/mol. The van der Waals surface area contributed by atoms with Crippen LogP contribution in [0.15, 0.2) is 146 Å². The maximum atomic E-state index is 2.39. The Morgan fingerprint density at radius 3 is 1.21 bits per heavy atom. The predicted octanol–water partition coefficient (Wildman–Crippen LogP) is 15.1. The SMILES string of the molecule is Cc1ccc(C(c2ccc(C=Cc3ccccc3C=Cc3ccc(N(c4ccc(C)cc4)c4c(C)cc(C)cc4C)cc3)cc2)c2c(C)cc(C)cc2C)cc1. The lowest BCUT2D eigenvalue weighted by Crippen LogP contribution is -2.13. The number of benzene rings is 7. The van der Waals surface area contributed by atoms with Gasteiger partial charge in [-0.1, -0.05) is 168 Å². The van der Waals surface area contributed by atoms with E-state index in [4.69, 9.17) is 0 Å². The molecule has 0 amide bonds. The average Bonchev–Trinajstić information content (AvgIpc) is 3.18. The Kier molecular flexibility index (Phi) is 11.3. The summed E-state index contributed by atoms with van der Waals surface area (Å²) < 4.78 is 0. The Morgan fingerprint density at radius 2 is 0.750 bits per heavy atom. The smallest absolute Gasteiger partial charge is 0.0520 e. The van der Waals surface area contributed by atoms with Gasteiger partial charge in [0.15, 0.2) is 0 Å². The van der Waals surface area contributed by atoms with Crippen LogP contribution >= 0.6 is 0 Å². The zero-order valence-electron chi connectivity index (χ0n) is 34.2. The summed E-state index contributed by atoms with van der Waals surface area (Å²) in [7, 11) is 0. The Morgan fingerprint density at radius 1 is 0.375 bits per heavy atom. The van der Waals surface area contributed by atoms with Crippen LogP contribution in [0.3, 0.4) is 0 Å². The highest BCUT2D eigenvalue weighted by Crippen LogP contribution is 2.40. The zero-order chi connectivity index (χ0) is 39.3. The first-order chi connectivity index (χ1) is 27.0. The molecular weight excluding hydrogens is 675 g/mol. The van der Waals surface area contributed by atoms with Crippen LogP contribution in [0.4, 0.5) is 17.1 Å². The largest absolute Gasteiger partial charge is 0.310 e. The van der Waals surface area contributed by atoms with Crippen molar-refractivity contribution in [2.75, 3.05) is 4.90 Å². The lowest BCUT2D eigenvalue weighted by atomic mass is 9.80. The molecule has 1 nitrogen and oxygen atoms in total. The minimum absolute atomic E-state index is 0.177. The summed E-state index contributed by atoms with van der Waals surface area (Å²) in [6.45, 7) is 17.6. The van der Waals surface area contributed by atoms with Gasteiger partial charge >= 0.3 is 0 Å². The maximum absolute atomic E-state index is 2.39. The van der Waals surface area contributed by atoms with Crippen molar-refractivity contribution in [1.29, 1.82) is 0 Å². The normalized spacial score (nSPS) is 12.1. The van der Waals surface area contributed by atoms with Gasteiger partial charge in [0.25, 0.3) is 0 Å². The number of hydrogen-bond acceptors (Lipinski definition) is 1. The van der Waals surface area contributed by atoms with Crippen LogP contribution in [0.1, 0.15) is 89.4 Å². The molecule has 0 fully saturated rings. The topological polar surface area (TPSA) is 3.24 Å². The molecule has 7 aromatic rings. The fourth-order valence-corrected chi connectivity index (χ4v) is 8.28. The Labute approximate surface area is 335 Å². The number of aryl methyl sites for hydroxylation is 8. The standard InChI is InChI=1S/C55H53N/c1-37-13-23-49(24-14-37)54(53-41(5)33-39(3)34-42(53)6)50-27-19-45(20-28-50)17-25-47-11-9-10-12-48(47)26-18-46-21-31-52(32-22-46)56(51-29-15-38(2)16-30-51)55-43(7)35-40(4)36-44(55)8/h9-36,54H,1-8H3. The van der Waals surface area contributed by atoms with Crippen molar-refractivity contribution in [2.45, 2.75) is 61.3 Å². The molecule has 0 spiro atoms. The van der Waals surface area contributed by atoms with Crippen molar-refractivity contribution in [3.8, 4) is 0 Å². The number of hydrogen-bond donors (Lipinski definition) is 0. The third kappa shape index (κ3) is 8.54. The number of anilines is 3. The van der Waals surface area contributed by atoms with Gasteiger partial charge in [-0.15, -0.1) is 0 Å². The lowest BCUT2D eigenvalue weighted by Gasteiger charge is -2.29. The van der Waals surface area contributed by atoms with Gasteiger partial charge < -0.3 is 4.90 Å². The van der Waals surface area contributed by atoms with Crippen molar-refractivity contribution in [2.24, 2.45) is 0 Å². The summed E-state index contributed by atoms with van der Waals surface area (Å²) in [4.78, 5) is 2.39. The van der Waals surface area contributed by atoms with E-state index in [0.717, 1.165) is 16.9 Å². The molecular formula is C55H53N. The molecule has 0 aliphatic rings. The maximum Gasteiger partial charge on any atom is 0.0520 e. The van der Waals surface area contributed by atoms with Crippen molar-refractivity contribution >= 4 is 41.4 Å². The van der Waals surface area contributed by atoms with E-state index in [0.29, 0.717) is 0 Å². The minimum Gasteiger partial charge on any atom is -0.310 e. The van der Waals surface area contributed by atoms with E-state index in [1.165, 1.54) is 83.6 Å². The highest BCUT2D eigenvalue weighted by atomic mass is 15.1. The first-order valence-corrected chi connectivity index (χ1v) is 19.8. The van der Waals surface area contributed by atoms with E-state index >= 15 is 0 Å². The molecule has 1 heteroatoms. The molecule has 56 heavy (non-hydrogen) atoms. The molecule has 7 rings (SSSR count). The summed E-state index contributed by atoms with van der Waals surface area (Å²) in [5.74, 6) is 0.177. The van der Waals surface area contributed by atoms with Crippen LogP contribution in [-0.2, 0) is 0 Å². The molecule has 0 radical (unpaired) electrons. The van der Waals surface area contributed by atoms with Crippen LogP contribution < -0.4 is 4.90 Å². The second-order valence-electron chi connectivity index (χ2n) is 15.6. The number of rotatable bonds is 10. The van der Waals surface area contributed by atoms with E-state index in [1.54, 1.807) is 0 Å². The molecule has 0 aromatic heterocycles. The molecule has 0 saturated heterocycles. The molecule has 1 atom stereocenters. The van der Waals surface area contributed by atoms with Crippen LogP contribution in [0.25, 0.3) is 24.3 Å². The summed E-state index contributed by atoms with van der Waals surface area (Å²) in [6, 6.07) is 53.7. The summed E-state index contributed by atoms with van der Waals surface area (Å²) in [5.41, 5.74) is 22.6. The van der Waals surface area contributed by atoms with Gasteiger partial charge in [0.2, 0.25) is 0 Å². The van der Waals surface area contributed by atoms with Crippen molar-refractivity contribution in [3.63, 3.8) is 0 Å². The second kappa shape index (κ2) is 16.7. The summed E-state index contributed by atoms with van der Waals surface area (Å²) in [6.07, 6.45) is 8.89. The fourth-order valence-electron chi connectivity index (χ4n) is 8.28. The summed E-state index contributed by atoms with van der Waals surface area (Å²) >= 11 is 0. The van der Waals surface area contributed by atoms with Crippen molar-refractivity contribution < 1.29 is 0 Å². The van der Waals surface area contributed by atoms with E-state index in [9.17, 15) is 0 Å². The third-order valence-corrected chi connectivity index (χ3v) is 10.9.